The summed E-state index contributed by atoms with van der Waals surface area (Å²) in [6.45, 7) is 5.63. The van der Waals surface area contributed by atoms with Gasteiger partial charge in [0.25, 0.3) is 0 Å². The number of likely N-dealkylation sites (tertiary alicyclic amines) is 1. The molecule has 4 heteroatoms. The standard InChI is InChI=1S/C9H13NO3/c1-6-4-3-5-10(8(6)11)7(2)9(12)13/h7H,1,3-5H2,2H3,(H,12,13). The second-order valence-electron chi connectivity index (χ2n) is 3.22. The van der Waals surface area contributed by atoms with E-state index >= 15 is 0 Å². The number of carbonyl (C=O) groups is 2. The summed E-state index contributed by atoms with van der Waals surface area (Å²) in [5.74, 6) is -1.19. The lowest BCUT2D eigenvalue weighted by Gasteiger charge is -2.30. The van der Waals surface area contributed by atoms with E-state index in [1.807, 2.05) is 0 Å². The van der Waals surface area contributed by atoms with E-state index in [1.165, 1.54) is 11.8 Å². The van der Waals surface area contributed by atoms with Gasteiger partial charge in [-0.3, -0.25) is 4.79 Å². The van der Waals surface area contributed by atoms with E-state index in [9.17, 15) is 9.59 Å². The number of piperidine rings is 1. The first-order valence-electron chi connectivity index (χ1n) is 4.25. The van der Waals surface area contributed by atoms with Crippen LogP contribution in [0.4, 0.5) is 0 Å². The number of carboxylic acids is 1. The van der Waals surface area contributed by atoms with E-state index in [4.69, 9.17) is 5.11 Å². The zero-order valence-electron chi connectivity index (χ0n) is 7.62. The monoisotopic (exact) mass is 183 g/mol. The smallest absolute Gasteiger partial charge is 0.326 e. The summed E-state index contributed by atoms with van der Waals surface area (Å²) in [6.07, 6.45) is 1.49. The zero-order chi connectivity index (χ0) is 10.0. The van der Waals surface area contributed by atoms with Crippen LogP contribution in [0.25, 0.3) is 0 Å². The molecule has 0 saturated carbocycles. The van der Waals surface area contributed by atoms with Gasteiger partial charge in [0.1, 0.15) is 6.04 Å². The van der Waals surface area contributed by atoms with Crippen molar-refractivity contribution in [2.45, 2.75) is 25.8 Å². The predicted molar refractivity (Wildman–Crippen MR) is 47.2 cm³/mol. The average molecular weight is 183 g/mol. The average Bonchev–Trinajstić information content (AvgIpc) is 2.08. The number of aliphatic carboxylic acids is 1. The number of hydrogen-bond donors (Lipinski definition) is 1. The molecule has 1 rings (SSSR count). The molecule has 0 aromatic carbocycles. The fourth-order valence-electron chi connectivity index (χ4n) is 1.38. The van der Waals surface area contributed by atoms with E-state index in [-0.39, 0.29) is 5.91 Å². The Labute approximate surface area is 76.8 Å². The van der Waals surface area contributed by atoms with Crippen molar-refractivity contribution in [3.63, 3.8) is 0 Å². The van der Waals surface area contributed by atoms with Crippen molar-refractivity contribution < 1.29 is 14.7 Å². The first-order valence-corrected chi connectivity index (χ1v) is 4.25. The van der Waals surface area contributed by atoms with E-state index in [2.05, 4.69) is 6.58 Å². The van der Waals surface area contributed by atoms with Gasteiger partial charge in [-0.25, -0.2) is 4.79 Å². The van der Waals surface area contributed by atoms with Crippen molar-refractivity contribution in [1.29, 1.82) is 0 Å². The van der Waals surface area contributed by atoms with Crippen LogP contribution in [0.15, 0.2) is 12.2 Å². The van der Waals surface area contributed by atoms with Crippen LogP contribution >= 0.6 is 0 Å². The molecule has 1 amide bonds. The maximum absolute atomic E-state index is 11.4. The van der Waals surface area contributed by atoms with Crippen LogP contribution in [-0.4, -0.2) is 34.5 Å². The van der Waals surface area contributed by atoms with Crippen LogP contribution in [0.3, 0.4) is 0 Å². The number of hydrogen-bond acceptors (Lipinski definition) is 2. The lowest BCUT2D eigenvalue weighted by molar-refractivity contribution is -0.148. The summed E-state index contributed by atoms with van der Waals surface area (Å²) in [4.78, 5) is 23.4. The molecule has 0 aromatic heterocycles. The fraction of sp³-hybridized carbons (Fsp3) is 0.556. The minimum atomic E-state index is -0.969. The molecule has 4 nitrogen and oxygen atoms in total. The fourth-order valence-corrected chi connectivity index (χ4v) is 1.38. The van der Waals surface area contributed by atoms with Gasteiger partial charge in [-0.2, -0.15) is 0 Å². The van der Waals surface area contributed by atoms with Gasteiger partial charge >= 0.3 is 5.97 Å². The molecular weight excluding hydrogens is 170 g/mol. The van der Waals surface area contributed by atoms with E-state index < -0.39 is 12.0 Å². The Kier molecular flexibility index (Phi) is 2.70. The summed E-state index contributed by atoms with van der Waals surface area (Å²) >= 11 is 0. The Morgan fingerprint density at radius 3 is 2.85 bits per heavy atom. The minimum absolute atomic E-state index is 0.221. The lowest BCUT2D eigenvalue weighted by Crippen LogP contribution is -2.46. The summed E-state index contributed by atoms with van der Waals surface area (Å²) < 4.78 is 0. The van der Waals surface area contributed by atoms with E-state index in [1.54, 1.807) is 0 Å². The summed E-state index contributed by atoms with van der Waals surface area (Å²) in [6, 6.07) is -0.746. The third-order valence-electron chi connectivity index (χ3n) is 2.27. The quantitative estimate of drug-likeness (QED) is 0.639. The lowest BCUT2D eigenvalue weighted by atomic mass is 10.0. The summed E-state index contributed by atoms with van der Waals surface area (Å²) in [5.41, 5.74) is 0.513. The first kappa shape index (κ1) is 9.77. The van der Waals surface area contributed by atoms with Gasteiger partial charge in [0, 0.05) is 12.1 Å². The van der Waals surface area contributed by atoms with Crippen molar-refractivity contribution in [3.8, 4) is 0 Å². The summed E-state index contributed by atoms with van der Waals surface area (Å²) in [7, 11) is 0. The van der Waals surface area contributed by atoms with Gasteiger partial charge in [0.05, 0.1) is 0 Å². The molecule has 0 aliphatic carbocycles. The highest BCUT2D eigenvalue weighted by atomic mass is 16.4. The van der Waals surface area contributed by atoms with E-state index in [0.29, 0.717) is 18.5 Å². The molecule has 72 valence electrons. The van der Waals surface area contributed by atoms with Crippen LogP contribution in [0.5, 0.6) is 0 Å². The number of amides is 1. The minimum Gasteiger partial charge on any atom is -0.480 e. The molecule has 0 aromatic rings. The Bertz CT molecular complexity index is 260. The molecule has 0 spiro atoms. The van der Waals surface area contributed by atoms with Crippen LogP contribution in [-0.2, 0) is 9.59 Å². The van der Waals surface area contributed by atoms with Crippen molar-refractivity contribution in [2.24, 2.45) is 0 Å². The first-order chi connectivity index (χ1) is 6.04. The molecule has 1 fully saturated rings. The molecule has 1 heterocycles. The number of carboxylic acid groups (broad SMARTS) is 1. The third kappa shape index (κ3) is 1.88. The van der Waals surface area contributed by atoms with E-state index in [0.717, 1.165) is 6.42 Å². The van der Waals surface area contributed by atoms with Crippen LogP contribution in [0.1, 0.15) is 19.8 Å². The van der Waals surface area contributed by atoms with Crippen molar-refractivity contribution in [2.75, 3.05) is 6.54 Å². The molecule has 1 atom stereocenters. The Morgan fingerprint density at radius 2 is 2.31 bits per heavy atom. The molecule has 0 radical (unpaired) electrons. The largest absolute Gasteiger partial charge is 0.480 e. The number of carbonyl (C=O) groups excluding carboxylic acids is 1. The second-order valence-corrected chi connectivity index (χ2v) is 3.22. The highest BCUT2D eigenvalue weighted by molar-refractivity contribution is 5.95. The topological polar surface area (TPSA) is 57.6 Å². The van der Waals surface area contributed by atoms with Gasteiger partial charge < -0.3 is 10.0 Å². The van der Waals surface area contributed by atoms with Crippen molar-refractivity contribution in [1.82, 2.24) is 4.90 Å². The number of rotatable bonds is 2. The normalized spacial score (nSPS) is 20.2. The maximum atomic E-state index is 11.4. The summed E-state index contributed by atoms with van der Waals surface area (Å²) in [5, 5.41) is 8.71. The van der Waals surface area contributed by atoms with Crippen LogP contribution in [0, 0.1) is 0 Å². The molecule has 1 aliphatic heterocycles. The van der Waals surface area contributed by atoms with Crippen LogP contribution in [0.2, 0.25) is 0 Å². The Balaban J connectivity index is 2.73. The molecule has 1 unspecified atom stereocenters. The molecular formula is C9H13NO3. The highest BCUT2D eigenvalue weighted by Gasteiger charge is 2.29. The Morgan fingerprint density at radius 1 is 1.69 bits per heavy atom. The SMILES string of the molecule is C=C1CCCN(C(C)C(=O)O)C1=O. The second kappa shape index (κ2) is 3.60. The Hall–Kier alpha value is -1.32. The highest BCUT2D eigenvalue weighted by Crippen LogP contribution is 2.17. The zero-order valence-corrected chi connectivity index (χ0v) is 7.62. The molecule has 1 aliphatic rings. The van der Waals surface area contributed by atoms with Crippen molar-refractivity contribution >= 4 is 11.9 Å². The predicted octanol–water partition coefficient (Wildman–Crippen LogP) is 0.638. The third-order valence-corrected chi connectivity index (χ3v) is 2.27. The maximum Gasteiger partial charge on any atom is 0.326 e. The van der Waals surface area contributed by atoms with Gasteiger partial charge in [-0.1, -0.05) is 6.58 Å². The molecule has 1 saturated heterocycles. The molecule has 13 heavy (non-hydrogen) atoms. The molecule has 0 bridgehead atoms. The van der Waals surface area contributed by atoms with Gasteiger partial charge in [0.15, 0.2) is 0 Å². The molecule has 1 N–H and O–H groups in total. The van der Waals surface area contributed by atoms with Gasteiger partial charge in [-0.05, 0) is 19.8 Å². The van der Waals surface area contributed by atoms with Crippen molar-refractivity contribution in [3.05, 3.63) is 12.2 Å². The van der Waals surface area contributed by atoms with Gasteiger partial charge in [-0.15, -0.1) is 0 Å². The number of nitrogens with zero attached hydrogens (tertiary/aromatic N) is 1. The van der Waals surface area contributed by atoms with Crippen LogP contribution < -0.4 is 0 Å². The van der Waals surface area contributed by atoms with Gasteiger partial charge in [0.2, 0.25) is 5.91 Å².